The molecule has 26 heavy (non-hydrogen) atoms. The van der Waals surface area contributed by atoms with Gasteiger partial charge in [0.05, 0.1) is 23.7 Å². The summed E-state index contributed by atoms with van der Waals surface area (Å²) in [6.07, 6.45) is 2.71. The number of amides is 1. The van der Waals surface area contributed by atoms with E-state index < -0.39 is 0 Å². The monoisotopic (exact) mass is 419 g/mol. The molecule has 2 heterocycles. The van der Waals surface area contributed by atoms with Crippen LogP contribution in [0.2, 0.25) is 0 Å². The lowest BCUT2D eigenvalue weighted by atomic mass is 10.0. The van der Waals surface area contributed by atoms with Crippen LogP contribution in [0.1, 0.15) is 19.3 Å². The normalized spacial score (nSPS) is 21.3. The van der Waals surface area contributed by atoms with Crippen LogP contribution in [-0.2, 0) is 14.3 Å². The van der Waals surface area contributed by atoms with Crippen LogP contribution in [0.15, 0.2) is 40.9 Å². The molecule has 4 rings (SSSR count). The number of rotatable bonds is 4. The van der Waals surface area contributed by atoms with Crippen LogP contribution in [0.5, 0.6) is 5.75 Å². The highest BCUT2D eigenvalue weighted by Gasteiger charge is 2.36. The van der Waals surface area contributed by atoms with Gasteiger partial charge in [0.15, 0.2) is 12.9 Å². The lowest BCUT2D eigenvalue weighted by Gasteiger charge is -2.37. The Morgan fingerprint density at radius 3 is 2.81 bits per heavy atom. The third-order valence-electron chi connectivity index (χ3n) is 5.01. The summed E-state index contributed by atoms with van der Waals surface area (Å²) in [7, 11) is 0. The number of nitrogens with zero attached hydrogens (tertiary/aromatic N) is 1. The highest BCUT2D eigenvalue weighted by Crippen LogP contribution is 2.33. The maximum Gasteiger partial charge on any atom is 0.260 e. The minimum Gasteiger partial charge on any atom is -0.483 e. The number of hydrogen-bond acceptors (Lipinski definition) is 4. The van der Waals surface area contributed by atoms with Crippen molar-refractivity contribution in [3.8, 4) is 5.75 Å². The van der Waals surface area contributed by atoms with E-state index in [2.05, 4.69) is 22.0 Å². The average Bonchev–Trinajstić information content (AvgIpc) is 3.22. The molecule has 0 N–H and O–H groups in total. The molecule has 0 radical (unpaired) electrons. The molecule has 2 saturated heterocycles. The number of carbonyl (C=O) groups excluding carboxylic acids is 1. The standard InChI is InChI=1S/C20H22BrNO4/c21-19-15-6-2-1-5-14(15)8-9-17(19)26-13-18(23)22-10-4-3-7-16(22)20-24-11-12-25-20/h1-2,5-6,8-9,16,20H,3-4,7,10-13H2. The van der Waals surface area contributed by atoms with Crippen LogP contribution in [0.25, 0.3) is 10.8 Å². The Labute approximate surface area is 161 Å². The van der Waals surface area contributed by atoms with E-state index in [1.807, 2.05) is 35.2 Å². The minimum absolute atomic E-state index is 0.0117. The number of likely N-dealkylation sites (tertiary alicyclic amines) is 1. The molecule has 1 amide bonds. The third kappa shape index (κ3) is 3.59. The predicted octanol–water partition coefficient (Wildman–Crippen LogP) is 3.74. The van der Waals surface area contributed by atoms with Gasteiger partial charge in [0.25, 0.3) is 5.91 Å². The van der Waals surface area contributed by atoms with E-state index in [0.29, 0.717) is 19.0 Å². The van der Waals surface area contributed by atoms with Crippen LogP contribution in [-0.4, -0.2) is 49.5 Å². The van der Waals surface area contributed by atoms with E-state index in [1.165, 1.54) is 0 Å². The van der Waals surface area contributed by atoms with E-state index in [-0.39, 0.29) is 24.8 Å². The van der Waals surface area contributed by atoms with Gasteiger partial charge in [-0.15, -0.1) is 0 Å². The van der Waals surface area contributed by atoms with Gasteiger partial charge in [-0.1, -0.05) is 30.3 Å². The molecule has 2 aliphatic rings. The smallest absolute Gasteiger partial charge is 0.260 e. The first-order valence-corrected chi connectivity index (χ1v) is 9.86. The van der Waals surface area contributed by atoms with Crippen LogP contribution in [0.4, 0.5) is 0 Å². The first-order chi connectivity index (χ1) is 12.7. The van der Waals surface area contributed by atoms with Crippen molar-refractivity contribution in [1.29, 1.82) is 0 Å². The molecule has 0 saturated carbocycles. The molecule has 0 spiro atoms. The molecule has 138 valence electrons. The fourth-order valence-corrected chi connectivity index (χ4v) is 4.30. The average molecular weight is 420 g/mol. The lowest BCUT2D eigenvalue weighted by Crippen LogP contribution is -2.51. The Hall–Kier alpha value is -1.63. The van der Waals surface area contributed by atoms with Gasteiger partial charge in [0.2, 0.25) is 0 Å². The van der Waals surface area contributed by atoms with Crippen LogP contribution >= 0.6 is 15.9 Å². The van der Waals surface area contributed by atoms with Gasteiger partial charge in [-0.2, -0.15) is 0 Å². The Morgan fingerprint density at radius 2 is 1.96 bits per heavy atom. The van der Waals surface area contributed by atoms with Crippen molar-refractivity contribution in [3.05, 3.63) is 40.9 Å². The predicted molar refractivity (Wildman–Crippen MR) is 102 cm³/mol. The maximum atomic E-state index is 12.8. The molecular weight excluding hydrogens is 398 g/mol. The maximum absolute atomic E-state index is 12.8. The lowest BCUT2D eigenvalue weighted by molar-refractivity contribution is -0.152. The first-order valence-electron chi connectivity index (χ1n) is 9.07. The zero-order valence-electron chi connectivity index (χ0n) is 14.5. The molecule has 2 aromatic rings. The molecule has 6 heteroatoms. The Morgan fingerprint density at radius 1 is 1.15 bits per heavy atom. The molecule has 1 atom stereocenters. The Kier molecular flexibility index (Phi) is 5.43. The van der Waals surface area contributed by atoms with Gasteiger partial charge in [0.1, 0.15) is 5.75 Å². The Balaban J connectivity index is 1.45. The van der Waals surface area contributed by atoms with Gasteiger partial charge in [0, 0.05) is 6.54 Å². The molecule has 1 unspecified atom stereocenters. The number of carbonyl (C=O) groups is 1. The second kappa shape index (κ2) is 7.94. The zero-order valence-corrected chi connectivity index (χ0v) is 16.1. The molecule has 2 aromatic carbocycles. The molecule has 0 aliphatic carbocycles. The summed E-state index contributed by atoms with van der Waals surface area (Å²) in [5, 5.41) is 2.20. The topological polar surface area (TPSA) is 48.0 Å². The van der Waals surface area contributed by atoms with Crippen molar-refractivity contribution in [1.82, 2.24) is 4.90 Å². The number of piperidine rings is 1. The van der Waals surface area contributed by atoms with E-state index >= 15 is 0 Å². The van der Waals surface area contributed by atoms with Crippen molar-refractivity contribution in [2.45, 2.75) is 31.6 Å². The number of fused-ring (bicyclic) bond motifs is 1. The van der Waals surface area contributed by atoms with Gasteiger partial charge in [-0.25, -0.2) is 0 Å². The Bertz CT molecular complexity index is 790. The highest BCUT2D eigenvalue weighted by atomic mass is 79.9. The molecule has 0 bridgehead atoms. The second-order valence-corrected chi connectivity index (χ2v) is 7.44. The zero-order chi connectivity index (χ0) is 17.9. The van der Waals surface area contributed by atoms with Crippen LogP contribution in [0, 0.1) is 0 Å². The SMILES string of the molecule is O=C(COc1ccc2ccccc2c1Br)N1CCCCC1C1OCCO1. The fraction of sp³-hybridized carbons (Fsp3) is 0.450. The van der Waals surface area contributed by atoms with Crippen molar-refractivity contribution in [3.63, 3.8) is 0 Å². The molecule has 5 nitrogen and oxygen atoms in total. The van der Waals surface area contributed by atoms with Gasteiger partial charge in [-0.3, -0.25) is 4.79 Å². The summed E-state index contributed by atoms with van der Waals surface area (Å²) in [5.74, 6) is 0.660. The third-order valence-corrected chi connectivity index (χ3v) is 5.83. The first kappa shape index (κ1) is 17.8. The quantitative estimate of drug-likeness (QED) is 0.757. The van der Waals surface area contributed by atoms with E-state index in [0.717, 1.165) is 41.1 Å². The summed E-state index contributed by atoms with van der Waals surface area (Å²) < 4.78 is 18.0. The largest absolute Gasteiger partial charge is 0.483 e. The highest BCUT2D eigenvalue weighted by molar-refractivity contribution is 9.10. The molecule has 0 aromatic heterocycles. The summed E-state index contributed by atoms with van der Waals surface area (Å²) in [4.78, 5) is 14.7. The summed E-state index contributed by atoms with van der Waals surface area (Å²) in [6.45, 7) is 1.95. The van der Waals surface area contributed by atoms with E-state index in [9.17, 15) is 4.79 Å². The second-order valence-electron chi connectivity index (χ2n) is 6.65. The molecular formula is C20H22BrNO4. The van der Waals surface area contributed by atoms with Crippen LogP contribution in [0.3, 0.4) is 0 Å². The van der Waals surface area contributed by atoms with E-state index in [1.54, 1.807) is 0 Å². The van der Waals surface area contributed by atoms with Crippen molar-refractivity contribution >= 4 is 32.6 Å². The summed E-state index contributed by atoms with van der Waals surface area (Å²) >= 11 is 3.60. The van der Waals surface area contributed by atoms with Gasteiger partial charge >= 0.3 is 0 Å². The molecule has 2 aliphatic heterocycles. The summed E-state index contributed by atoms with van der Waals surface area (Å²) in [5.41, 5.74) is 0. The number of halogens is 1. The van der Waals surface area contributed by atoms with Crippen molar-refractivity contribution < 1.29 is 19.0 Å². The fourth-order valence-electron chi connectivity index (χ4n) is 3.70. The van der Waals surface area contributed by atoms with Crippen LogP contribution < -0.4 is 4.74 Å². The minimum atomic E-state index is -0.299. The number of hydrogen-bond donors (Lipinski definition) is 0. The molecule has 2 fully saturated rings. The summed E-state index contributed by atoms with van der Waals surface area (Å²) in [6, 6.07) is 12.0. The van der Waals surface area contributed by atoms with E-state index in [4.69, 9.17) is 14.2 Å². The van der Waals surface area contributed by atoms with Gasteiger partial charge < -0.3 is 19.1 Å². The number of benzene rings is 2. The van der Waals surface area contributed by atoms with Gasteiger partial charge in [-0.05, 0) is 52.0 Å². The van der Waals surface area contributed by atoms with Crippen molar-refractivity contribution in [2.24, 2.45) is 0 Å². The van der Waals surface area contributed by atoms with Crippen molar-refractivity contribution in [2.75, 3.05) is 26.4 Å². The number of ether oxygens (including phenoxy) is 3.